The molecule has 1 saturated heterocycles. The third kappa shape index (κ3) is 4.52. The van der Waals surface area contributed by atoms with Crippen molar-refractivity contribution in [2.75, 3.05) is 30.4 Å². The predicted molar refractivity (Wildman–Crippen MR) is 121 cm³/mol. The van der Waals surface area contributed by atoms with Gasteiger partial charge in [0.25, 0.3) is 0 Å². The fourth-order valence-corrected chi connectivity index (χ4v) is 3.72. The summed E-state index contributed by atoms with van der Waals surface area (Å²) >= 11 is 6.29. The molecule has 0 bridgehead atoms. The number of nitrogens with zero attached hydrogens (tertiary/aromatic N) is 4. The van der Waals surface area contributed by atoms with Gasteiger partial charge in [-0.05, 0) is 43.2 Å². The van der Waals surface area contributed by atoms with E-state index in [1.54, 1.807) is 7.11 Å². The van der Waals surface area contributed by atoms with Crippen LogP contribution >= 0.6 is 24.0 Å². The molecule has 2 aromatic carbocycles. The first-order valence-corrected chi connectivity index (χ1v) is 9.65. The highest BCUT2D eigenvalue weighted by Gasteiger charge is 2.32. The first-order valence-electron chi connectivity index (χ1n) is 9.27. The highest BCUT2D eigenvalue weighted by Crippen LogP contribution is 2.30. The Morgan fingerprint density at radius 2 is 1.86 bits per heavy atom. The zero-order chi connectivity index (χ0) is 19.5. The van der Waals surface area contributed by atoms with E-state index < -0.39 is 6.29 Å². The molecule has 0 saturated carbocycles. The molecule has 2 heterocycles. The molecule has 1 fully saturated rings. The number of hydrogen-bond acceptors (Lipinski definition) is 7. The molecule has 0 spiro atoms. The molecular formula is C20H24Cl2N6O. The maximum absolute atomic E-state index is 6.29. The van der Waals surface area contributed by atoms with E-state index in [0.717, 1.165) is 43.3 Å². The van der Waals surface area contributed by atoms with E-state index in [1.165, 1.54) is 0 Å². The van der Waals surface area contributed by atoms with Gasteiger partial charge in [-0.3, -0.25) is 4.90 Å². The van der Waals surface area contributed by atoms with Crippen molar-refractivity contribution in [3.05, 3.63) is 53.6 Å². The Kier molecular flexibility index (Phi) is 6.71. The number of aliphatic imine (C=N–C) groups is 2. The fourth-order valence-electron chi connectivity index (χ4n) is 3.47. The summed E-state index contributed by atoms with van der Waals surface area (Å²) in [5.41, 5.74) is 7.88. The number of ether oxygens (including phenoxy) is 1. The van der Waals surface area contributed by atoms with Crippen LogP contribution in [0.25, 0.3) is 0 Å². The zero-order valence-corrected chi connectivity index (χ0v) is 17.7. The second-order valence-electron chi connectivity index (χ2n) is 6.67. The minimum Gasteiger partial charge on any atom is -0.495 e. The lowest BCUT2D eigenvalue weighted by Crippen LogP contribution is -2.54. The summed E-state index contributed by atoms with van der Waals surface area (Å²) in [5, 5.41) is 3.94. The molecule has 3 N–H and O–H groups in total. The van der Waals surface area contributed by atoms with Crippen LogP contribution in [-0.2, 0) is 0 Å². The minimum atomic E-state index is -0.444. The van der Waals surface area contributed by atoms with Crippen molar-refractivity contribution in [3.63, 3.8) is 0 Å². The maximum atomic E-state index is 6.29. The molecule has 1 atom stereocenters. The van der Waals surface area contributed by atoms with Crippen molar-refractivity contribution in [1.82, 2.24) is 4.90 Å². The summed E-state index contributed by atoms with van der Waals surface area (Å²) in [6, 6.07) is 15.6. The minimum absolute atomic E-state index is 0. The Hall–Kier alpha value is -2.64. The molecule has 9 heteroatoms. The third-order valence-corrected chi connectivity index (χ3v) is 5.10. The normalized spacial score (nSPS) is 18.6. The van der Waals surface area contributed by atoms with Crippen LogP contribution in [0, 0.1) is 0 Å². The van der Waals surface area contributed by atoms with Gasteiger partial charge >= 0.3 is 0 Å². The van der Waals surface area contributed by atoms with Gasteiger partial charge in [-0.2, -0.15) is 4.99 Å². The van der Waals surface area contributed by atoms with Gasteiger partial charge in [-0.25, -0.2) is 4.99 Å². The highest BCUT2D eigenvalue weighted by atomic mass is 35.5. The second kappa shape index (κ2) is 9.24. The number of methoxy groups -OCH3 is 1. The predicted octanol–water partition coefficient (Wildman–Crippen LogP) is 3.75. The van der Waals surface area contributed by atoms with Gasteiger partial charge in [0, 0.05) is 24.5 Å². The average molecular weight is 435 g/mol. The number of benzene rings is 2. The van der Waals surface area contributed by atoms with Crippen LogP contribution in [0.15, 0.2) is 58.5 Å². The van der Waals surface area contributed by atoms with Crippen LogP contribution in [0.5, 0.6) is 5.75 Å². The molecular weight excluding hydrogens is 411 g/mol. The van der Waals surface area contributed by atoms with Crippen molar-refractivity contribution in [2.45, 2.75) is 19.1 Å². The number of para-hydroxylation sites is 1. The topological polar surface area (TPSA) is 78.5 Å². The maximum Gasteiger partial charge on any atom is 0.222 e. The number of guanidine groups is 2. The molecule has 2 aliphatic rings. The molecule has 0 aromatic heterocycles. The van der Waals surface area contributed by atoms with Crippen LogP contribution in [0.2, 0.25) is 5.02 Å². The smallest absolute Gasteiger partial charge is 0.222 e. The first kappa shape index (κ1) is 21.1. The highest BCUT2D eigenvalue weighted by molar-refractivity contribution is 6.32. The molecule has 2 aromatic rings. The zero-order valence-electron chi connectivity index (χ0n) is 16.1. The van der Waals surface area contributed by atoms with Gasteiger partial charge < -0.3 is 20.7 Å². The molecule has 7 nitrogen and oxygen atoms in total. The van der Waals surface area contributed by atoms with Crippen LogP contribution < -0.4 is 20.7 Å². The molecule has 0 radical (unpaired) electrons. The quantitative estimate of drug-likeness (QED) is 0.765. The Labute approximate surface area is 181 Å². The summed E-state index contributed by atoms with van der Waals surface area (Å²) in [6.45, 7) is 1.91. The van der Waals surface area contributed by atoms with Gasteiger partial charge in [0.15, 0.2) is 0 Å². The van der Waals surface area contributed by atoms with E-state index in [9.17, 15) is 0 Å². The van der Waals surface area contributed by atoms with Crippen LogP contribution in [0.1, 0.15) is 12.8 Å². The average Bonchev–Trinajstić information content (AvgIpc) is 3.23. The Balaban J connectivity index is 0.00000240. The lowest BCUT2D eigenvalue weighted by atomic mass is 10.2. The molecule has 4 rings (SSSR count). The SMILES string of the molecule is COc1ccc(NC2N=C(N)N=C(N3CCCC3)N2c2ccccc2)cc1Cl.Cl. The van der Waals surface area contributed by atoms with Crippen molar-refractivity contribution in [3.8, 4) is 5.75 Å². The number of anilines is 2. The molecule has 29 heavy (non-hydrogen) atoms. The summed E-state index contributed by atoms with van der Waals surface area (Å²) in [6.07, 6.45) is 1.84. The molecule has 0 amide bonds. The van der Waals surface area contributed by atoms with E-state index in [1.807, 2.05) is 48.5 Å². The third-order valence-electron chi connectivity index (χ3n) is 4.80. The van der Waals surface area contributed by atoms with Crippen molar-refractivity contribution in [1.29, 1.82) is 0 Å². The number of halogens is 2. The number of likely N-dealkylation sites (tertiary alicyclic amines) is 1. The van der Waals surface area contributed by atoms with Crippen molar-refractivity contribution < 1.29 is 4.74 Å². The number of rotatable bonds is 4. The van der Waals surface area contributed by atoms with Gasteiger partial charge in [0.05, 0.1) is 12.1 Å². The standard InChI is InChI=1S/C20H23ClN6O.ClH/c1-28-17-10-9-14(13-16(17)21)23-19-24-18(22)25-20(26-11-5-6-12-26)27(19)15-7-3-2-4-8-15;/h2-4,7-10,13,19,23H,5-6,11-12H2,1H3,(H2,22,24);1H. The summed E-state index contributed by atoms with van der Waals surface area (Å²) in [5.74, 6) is 1.69. The van der Waals surface area contributed by atoms with Crippen molar-refractivity contribution >= 4 is 47.3 Å². The molecule has 0 aliphatic carbocycles. The first-order chi connectivity index (χ1) is 13.7. The fraction of sp³-hybridized carbons (Fsp3) is 0.300. The van der Waals surface area contributed by atoms with Crippen LogP contribution in [0.3, 0.4) is 0 Å². The van der Waals surface area contributed by atoms with E-state index in [2.05, 4.69) is 25.1 Å². The summed E-state index contributed by atoms with van der Waals surface area (Å²) in [7, 11) is 1.59. The largest absolute Gasteiger partial charge is 0.495 e. The van der Waals surface area contributed by atoms with Gasteiger partial charge in [0.1, 0.15) is 5.75 Å². The molecule has 154 valence electrons. The van der Waals surface area contributed by atoms with Gasteiger partial charge in [0.2, 0.25) is 18.2 Å². The van der Waals surface area contributed by atoms with E-state index in [-0.39, 0.29) is 18.4 Å². The van der Waals surface area contributed by atoms with E-state index in [4.69, 9.17) is 22.1 Å². The molecule has 1 unspecified atom stereocenters. The monoisotopic (exact) mass is 434 g/mol. The van der Waals surface area contributed by atoms with Crippen LogP contribution in [0.4, 0.5) is 11.4 Å². The van der Waals surface area contributed by atoms with E-state index in [0.29, 0.717) is 10.8 Å². The summed E-state index contributed by atoms with van der Waals surface area (Å²) in [4.78, 5) is 13.4. The lowest BCUT2D eigenvalue weighted by molar-refractivity contribution is 0.415. The van der Waals surface area contributed by atoms with Crippen molar-refractivity contribution in [2.24, 2.45) is 15.7 Å². The Morgan fingerprint density at radius 3 is 2.52 bits per heavy atom. The van der Waals surface area contributed by atoms with E-state index >= 15 is 0 Å². The van der Waals surface area contributed by atoms with Crippen LogP contribution in [-0.4, -0.2) is 43.3 Å². The Morgan fingerprint density at radius 1 is 1.14 bits per heavy atom. The second-order valence-corrected chi connectivity index (χ2v) is 7.07. The Bertz CT molecular complexity index is 899. The van der Waals surface area contributed by atoms with Gasteiger partial charge in [-0.15, -0.1) is 12.4 Å². The summed E-state index contributed by atoms with van der Waals surface area (Å²) < 4.78 is 5.24. The number of hydrogen-bond donors (Lipinski definition) is 2. The molecule has 2 aliphatic heterocycles. The lowest BCUT2D eigenvalue weighted by Gasteiger charge is -2.38. The number of nitrogens with two attached hydrogens (primary N) is 1. The number of nitrogens with one attached hydrogen (secondary N) is 1. The van der Waals surface area contributed by atoms with Gasteiger partial charge in [-0.1, -0.05) is 29.8 Å².